The number of nitrogens with zero attached hydrogens (tertiary/aromatic N) is 4. The molecule has 8 nitrogen and oxygen atoms in total. The Bertz CT molecular complexity index is 1240. The number of benzene rings is 1. The van der Waals surface area contributed by atoms with Crippen molar-refractivity contribution < 1.29 is 22.7 Å². The van der Waals surface area contributed by atoms with E-state index in [0.717, 1.165) is 23.7 Å². The van der Waals surface area contributed by atoms with Gasteiger partial charge >= 0.3 is 12.2 Å². The number of ether oxygens (including phenoxy) is 1. The number of likely N-dealkylation sites (tertiary alicyclic amines) is 1. The van der Waals surface area contributed by atoms with Gasteiger partial charge in [0.05, 0.1) is 23.9 Å². The molecule has 2 aliphatic rings. The molecule has 1 spiro atoms. The molecule has 11 heteroatoms. The van der Waals surface area contributed by atoms with Gasteiger partial charge in [0.25, 0.3) is 0 Å². The summed E-state index contributed by atoms with van der Waals surface area (Å²) in [4.78, 5) is 18.4. The van der Waals surface area contributed by atoms with Gasteiger partial charge in [0, 0.05) is 49.6 Å². The maximum atomic E-state index is 13.3. The Morgan fingerprint density at radius 2 is 2.00 bits per heavy atom. The van der Waals surface area contributed by atoms with Crippen molar-refractivity contribution in [3.63, 3.8) is 0 Å². The lowest BCUT2D eigenvalue weighted by molar-refractivity contribution is -0.137. The third-order valence-electron chi connectivity index (χ3n) is 6.75. The lowest BCUT2D eigenvalue weighted by atomic mass is 9.76. The number of aromatic nitrogens is 3. The number of alkyl halides is 3. The van der Waals surface area contributed by atoms with Crippen LogP contribution in [0.5, 0.6) is 0 Å². The van der Waals surface area contributed by atoms with E-state index in [0.29, 0.717) is 31.9 Å². The molecule has 3 aromatic rings. The largest absolute Gasteiger partial charge is 0.419 e. The van der Waals surface area contributed by atoms with Crippen LogP contribution in [0.2, 0.25) is 0 Å². The number of nitrogens with one attached hydrogen (secondary N) is 1. The number of halogens is 3. The molecule has 1 atom stereocenters. The van der Waals surface area contributed by atoms with Crippen molar-refractivity contribution in [2.45, 2.75) is 30.6 Å². The molecule has 1 fully saturated rings. The van der Waals surface area contributed by atoms with Crippen LogP contribution in [0.4, 0.5) is 23.8 Å². The summed E-state index contributed by atoms with van der Waals surface area (Å²) in [6.07, 6.45) is -2.48. The maximum absolute atomic E-state index is 13.3. The number of hydrogen-bond donors (Lipinski definition) is 2. The monoisotopic (exact) mass is 486 g/mol. The number of amides is 2. The zero-order valence-electron chi connectivity index (χ0n) is 19.0. The predicted molar refractivity (Wildman–Crippen MR) is 122 cm³/mol. The fraction of sp³-hybridized carbons (Fsp3) is 0.375. The number of rotatable bonds is 5. The average molecular weight is 486 g/mol. The molecule has 2 aliphatic heterocycles. The number of carbonyl (C=O) groups excluding carboxylic acids is 1. The van der Waals surface area contributed by atoms with Gasteiger partial charge in [-0.25, -0.2) is 9.78 Å². The van der Waals surface area contributed by atoms with Crippen LogP contribution in [-0.4, -0.2) is 52.5 Å². The number of fused-ring (bicyclic) bond motifs is 2. The van der Waals surface area contributed by atoms with Gasteiger partial charge in [0.15, 0.2) is 0 Å². The highest BCUT2D eigenvalue weighted by Crippen LogP contribution is 2.44. The molecule has 0 aliphatic carbocycles. The maximum Gasteiger partial charge on any atom is 0.419 e. The molecule has 1 aromatic carbocycles. The van der Waals surface area contributed by atoms with Gasteiger partial charge in [-0.05, 0) is 24.1 Å². The van der Waals surface area contributed by atoms with E-state index in [-0.39, 0.29) is 23.1 Å². The van der Waals surface area contributed by atoms with Crippen LogP contribution in [0.25, 0.3) is 11.3 Å². The number of urea groups is 1. The topological polar surface area (TPSA) is 98.3 Å². The lowest BCUT2D eigenvalue weighted by Gasteiger charge is -2.47. The standard InChI is InChI=1S/C24H25F3N6O2/c1-35-12-19(15-5-3-2-4-6-15)30-22(34)32-13-23(14-32)7-8-33-20(23)10-18(31-33)16-9-17(24(25,26)27)21(28)29-11-16/h2-6,9-11,19H,7-8,12-14H2,1H3,(H2,28,29)(H,30,34)/t19-/m1/s1. The van der Waals surface area contributed by atoms with Crippen LogP contribution < -0.4 is 11.1 Å². The normalized spacial score (nSPS) is 17.2. The van der Waals surface area contributed by atoms with Crippen LogP contribution in [0.1, 0.15) is 29.3 Å². The Labute approximate surface area is 199 Å². The molecule has 35 heavy (non-hydrogen) atoms. The van der Waals surface area contributed by atoms with Gasteiger partial charge in [-0.1, -0.05) is 30.3 Å². The van der Waals surface area contributed by atoms with Gasteiger partial charge in [-0.15, -0.1) is 0 Å². The minimum absolute atomic E-state index is 0.183. The number of anilines is 1. The lowest BCUT2D eigenvalue weighted by Crippen LogP contribution is -2.62. The van der Waals surface area contributed by atoms with E-state index in [9.17, 15) is 18.0 Å². The van der Waals surface area contributed by atoms with Crippen LogP contribution in [0, 0.1) is 0 Å². The zero-order chi connectivity index (χ0) is 24.8. The van der Waals surface area contributed by atoms with Gasteiger partial charge < -0.3 is 20.7 Å². The summed E-state index contributed by atoms with van der Waals surface area (Å²) in [5.41, 5.74) is 6.71. The molecule has 184 valence electrons. The Hall–Kier alpha value is -3.60. The van der Waals surface area contributed by atoms with Crippen molar-refractivity contribution in [1.82, 2.24) is 25.0 Å². The van der Waals surface area contributed by atoms with E-state index in [1.807, 2.05) is 35.0 Å². The second kappa shape index (κ2) is 8.56. The number of nitrogens with two attached hydrogens (primary N) is 1. The Morgan fingerprint density at radius 3 is 2.69 bits per heavy atom. The predicted octanol–water partition coefficient (Wildman–Crippen LogP) is 3.60. The highest BCUT2D eigenvalue weighted by Gasteiger charge is 2.51. The third kappa shape index (κ3) is 4.20. The fourth-order valence-corrected chi connectivity index (χ4v) is 4.91. The Balaban J connectivity index is 1.30. The number of methoxy groups -OCH3 is 1. The molecule has 0 unspecified atom stereocenters. The molecule has 0 saturated carbocycles. The first kappa shape index (κ1) is 23.2. The fourth-order valence-electron chi connectivity index (χ4n) is 4.91. The number of carbonyl (C=O) groups is 1. The molecular formula is C24H25F3N6O2. The first-order valence-corrected chi connectivity index (χ1v) is 11.2. The van der Waals surface area contributed by atoms with Crippen LogP contribution in [-0.2, 0) is 22.9 Å². The molecule has 0 radical (unpaired) electrons. The van der Waals surface area contributed by atoms with Gasteiger partial charge in [-0.3, -0.25) is 4.68 Å². The quantitative estimate of drug-likeness (QED) is 0.574. The Morgan fingerprint density at radius 1 is 1.26 bits per heavy atom. The summed E-state index contributed by atoms with van der Waals surface area (Å²) >= 11 is 0. The number of pyridine rings is 1. The summed E-state index contributed by atoms with van der Waals surface area (Å²) < 4.78 is 46.9. The first-order valence-electron chi connectivity index (χ1n) is 11.2. The van der Waals surface area contributed by atoms with Gasteiger partial charge in [-0.2, -0.15) is 18.3 Å². The molecular weight excluding hydrogens is 461 g/mol. The first-order chi connectivity index (χ1) is 16.7. The smallest absolute Gasteiger partial charge is 0.383 e. The van der Waals surface area contributed by atoms with E-state index in [4.69, 9.17) is 10.5 Å². The molecule has 2 amide bonds. The number of aryl methyl sites for hydroxylation is 1. The second-order valence-electron chi connectivity index (χ2n) is 9.05. The zero-order valence-corrected chi connectivity index (χ0v) is 19.0. The Kier molecular flexibility index (Phi) is 5.66. The average Bonchev–Trinajstić information content (AvgIpc) is 3.37. The summed E-state index contributed by atoms with van der Waals surface area (Å²) in [6.45, 7) is 1.99. The second-order valence-corrected chi connectivity index (χ2v) is 9.05. The summed E-state index contributed by atoms with van der Waals surface area (Å²) in [5, 5.41) is 7.54. The van der Waals surface area contributed by atoms with Gasteiger partial charge in [0.1, 0.15) is 5.82 Å². The molecule has 1 saturated heterocycles. The third-order valence-corrected chi connectivity index (χ3v) is 6.75. The number of hydrogen-bond acceptors (Lipinski definition) is 5. The van der Waals surface area contributed by atoms with Gasteiger partial charge in [0.2, 0.25) is 0 Å². The van der Waals surface area contributed by atoms with E-state index in [1.54, 1.807) is 18.1 Å². The van der Waals surface area contributed by atoms with Crippen molar-refractivity contribution in [3.05, 3.63) is 65.5 Å². The minimum atomic E-state index is -4.60. The van der Waals surface area contributed by atoms with Crippen LogP contribution in [0.3, 0.4) is 0 Å². The highest BCUT2D eigenvalue weighted by atomic mass is 19.4. The number of nitrogen functional groups attached to an aromatic ring is 1. The molecule has 0 bridgehead atoms. The molecule has 4 heterocycles. The van der Waals surface area contributed by atoms with E-state index >= 15 is 0 Å². The summed E-state index contributed by atoms with van der Waals surface area (Å²) in [5.74, 6) is -0.563. The summed E-state index contributed by atoms with van der Waals surface area (Å²) in [7, 11) is 1.59. The van der Waals surface area contributed by atoms with Crippen molar-refractivity contribution in [2.75, 3.05) is 32.5 Å². The van der Waals surface area contributed by atoms with E-state index < -0.39 is 17.6 Å². The molecule has 5 rings (SSSR count). The van der Waals surface area contributed by atoms with Crippen molar-refractivity contribution >= 4 is 11.8 Å². The van der Waals surface area contributed by atoms with E-state index in [1.165, 1.54) is 6.20 Å². The SMILES string of the molecule is COC[C@@H](NC(=O)N1CC2(CCn3nc(-c4cnc(N)c(C(F)(F)F)c4)cc32)C1)c1ccccc1. The van der Waals surface area contributed by atoms with Crippen LogP contribution in [0.15, 0.2) is 48.7 Å². The van der Waals surface area contributed by atoms with E-state index in [2.05, 4.69) is 15.4 Å². The molecule has 2 aromatic heterocycles. The highest BCUT2D eigenvalue weighted by molar-refractivity contribution is 5.76. The van der Waals surface area contributed by atoms with Crippen molar-refractivity contribution in [3.8, 4) is 11.3 Å². The van der Waals surface area contributed by atoms with Crippen molar-refractivity contribution in [2.24, 2.45) is 0 Å². The molecule has 3 N–H and O–H groups in total. The van der Waals surface area contributed by atoms with Crippen LogP contribution >= 0.6 is 0 Å². The summed E-state index contributed by atoms with van der Waals surface area (Å²) in [6, 6.07) is 11.9. The van der Waals surface area contributed by atoms with Crippen molar-refractivity contribution in [1.29, 1.82) is 0 Å². The minimum Gasteiger partial charge on any atom is -0.383 e.